The van der Waals surface area contributed by atoms with Gasteiger partial charge in [0.05, 0.1) is 13.2 Å². The van der Waals surface area contributed by atoms with Crippen LogP contribution >= 0.6 is 0 Å². The molecule has 0 radical (unpaired) electrons. The van der Waals surface area contributed by atoms with Crippen LogP contribution in [0.3, 0.4) is 0 Å². The van der Waals surface area contributed by atoms with Crippen molar-refractivity contribution in [2.45, 2.75) is 43.9 Å². The largest absolute Gasteiger partial charge is 0.497 e. The molecule has 2 heterocycles. The zero-order valence-electron chi connectivity index (χ0n) is 38.7. The number of nitriles is 1. The third-order valence-electron chi connectivity index (χ3n) is 11.8. The van der Waals surface area contributed by atoms with E-state index in [-0.39, 0.29) is 52.2 Å². The van der Waals surface area contributed by atoms with Crippen LogP contribution in [0.4, 0.5) is 11.4 Å². The van der Waals surface area contributed by atoms with E-state index in [1.807, 2.05) is 42.5 Å². The molecule has 4 aromatic rings. The van der Waals surface area contributed by atoms with Crippen LogP contribution in [0.15, 0.2) is 84.9 Å². The molecule has 2 aliphatic rings. The van der Waals surface area contributed by atoms with Crippen molar-refractivity contribution in [3.63, 3.8) is 0 Å². The van der Waals surface area contributed by atoms with Crippen molar-refractivity contribution in [1.29, 1.82) is 5.26 Å². The fraction of sp³-hybridized carbons (Fsp3) is 0.388. The molecule has 1 fully saturated rings. The molecular weight excluding hydrogens is 871 g/mol. The first kappa shape index (κ1) is 50.0. The Kier molecular flexibility index (Phi) is 17.6. The Bertz CT molecular complexity index is 2440. The molecule has 0 unspecified atom stereocenters. The number of ether oxygens (including phenoxy) is 3. The summed E-state index contributed by atoms with van der Waals surface area (Å²) >= 11 is 0. The molecule has 4 bridgehead atoms. The molecule has 5 amide bonds. The number of hydrogen-bond donors (Lipinski definition) is 7. The van der Waals surface area contributed by atoms with Crippen LogP contribution in [0.25, 0.3) is 11.1 Å². The van der Waals surface area contributed by atoms with Crippen LogP contribution in [0.2, 0.25) is 0 Å². The second-order valence-corrected chi connectivity index (χ2v) is 16.4. The van der Waals surface area contributed by atoms with Gasteiger partial charge in [0.2, 0.25) is 23.6 Å². The molecule has 19 heteroatoms. The lowest BCUT2D eigenvalue weighted by atomic mass is 9.93. The molecular formula is C49H61N11O8. The molecule has 0 aromatic heterocycles. The zero-order chi connectivity index (χ0) is 48.7. The molecule has 6 rings (SSSR count). The number of benzene rings is 4. The maximum Gasteiger partial charge on any atom is 0.251 e. The Morgan fingerprint density at radius 1 is 0.809 bits per heavy atom. The van der Waals surface area contributed by atoms with Crippen LogP contribution in [-0.2, 0) is 25.6 Å². The van der Waals surface area contributed by atoms with Crippen LogP contribution < -0.4 is 62.5 Å². The van der Waals surface area contributed by atoms with Crippen LogP contribution in [-0.4, -0.2) is 132 Å². The maximum absolute atomic E-state index is 14.7. The average molecular weight is 932 g/mol. The molecule has 4 aromatic carbocycles. The van der Waals surface area contributed by atoms with E-state index >= 15 is 0 Å². The van der Waals surface area contributed by atoms with Crippen molar-refractivity contribution in [2.24, 2.45) is 17.2 Å². The van der Waals surface area contributed by atoms with Gasteiger partial charge in [-0.15, -0.1) is 0 Å². The van der Waals surface area contributed by atoms with Gasteiger partial charge < -0.3 is 67.4 Å². The zero-order valence-corrected chi connectivity index (χ0v) is 38.7. The van der Waals surface area contributed by atoms with E-state index in [4.69, 9.17) is 31.4 Å². The Labute approximate surface area is 396 Å². The van der Waals surface area contributed by atoms with Crippen LogP contribution in [0, 0.1) is 11.3 Å². The van der Waals surface area contributed by atoms with Gasteiger partial charge in [-0.2, -0.15) is 5.26 Å². The average Bonchev–Trinajstić information content (AvgIpc) is 3.36. The van der Waals surface area contributed by atoms with E-state index < -0.39 is 53.7 Å². The van der Waals surface area contributed by atoms with Crippen molar-refractivity contribution in [3.05, 3.63) is 102 Å². The van der Waals surface area contributed by atoms with Gasteiger partial charge in [0.1, 0.15) is 61.2 Å². The molecule has 10 N–H and O–H groups in total. The summed E-state index contributed by atoms with van der Waals surface area (Å²) in [5.41, 5.74) is 22.0. The van der Waals surface area contributed by atoms with Crippen molar-refractivity contribution >= 4 is 40.9 Å². The Morgan fingerprint density at radius 3 is 1.97 bits per heavy atom. The Morgan fingerprint density at radius 2 is 1.40 bits per heavy atom. The number of rotatable bonds is 17. The summed E-state index contributed by atoms with van der Waals surface area (Å²) in [6.45, 7) is 5.04. The number of nitrogens with one attached hydrogen (secondary N) is 4. The van der Waals surface area contributed by atoms with Gasteiger partial charge in [0.15, 0.2) is 0 Å². The second-order valence-electron chi connectivity index (χ2n) is 16.4. The summed E-state index contributed by atoms with van der Waals surface area (Å²) in [7, 11) is 3.08. The fourth-order valence-electron chi connectivity index (χ4n) is 8.21. The Balaban J connectivity index is 1.29. The molecule has 2 aliphatic heterocycles. The third-order valence-corrected chi connectivity index (χ3v) is 11.8. The third kappa shape index (κ3) is 12.3. The van der Waals surface area contributed by atoms with Crippen LogP contribution in [0.5, 0.6) is 17.2 Å². The minimum Gasteiger partial charge on any atom is -0.497 e. The molecule has 19 nitrogen and oxygen atoms in total. The first-order valence-corrected chi connectivity index (χ1v) is 22.6. The van der Waals surface area contributed by atoms with Crippen LogP contribution in [0.1, 0.15) is 40.9 Å². The minimum atomic E-state index is -1.38. The fourth-order valence-corrected chi connectivity index (χ4v) is 8.21. The van der Waals surface area contributed by atoms with Gasteiger partial charge in [0, 0.05) is 80.8 Å². The summed E-state index contributed by atoms with van der Waals surface area (Å²) < 4.78 is 17.5. The predicted molar refractivity (Wildman–Crippen MR) is 257 cm³/mol. The van der Waals surface area contributed by atoms with E-state index in [1.165, 1.54) is 18.9 Å². The number of fused-ring (bicyclic) bond motifs is 5. The summed E-state index contributed by atoms with van der Waals surface area (Å²) in [6, 6.07) is 22.3. The highest BCUT2D eigenvalue weighted by Gasteiger charge is 2.36. The minimum absolute atomic E-state index is 0.00807. The van der Waals surface area contributed by atoms with Gasteiger partial charge in [-0.25, -0.2) is 0 Å². The normalized spacial score (nSPS) is 17.6. The van der Waals surface area contributed by atoms with E-state index in [2.05, 4.69) is 31.1 Å². The molecule has 1 saturated heterocycles. The molecule has 0 saturated carbocycles. The standard InChI is InChI=1S/C49H61N11O8/c1-31-45(61)57-41(47(63)54-21-18-51)29-32-4-14-42(67-26-19-52)38(28-32)39-30-34(7-15-43(39)68-27-20-53)44(48(64)55-31)58(2)49(65)40(16-17-50)56-46(62)33-5-8-35(9-6-33)59-22-24-60(25-23-59)36-10-12-37(66-3)13-11-36/h4-15,28,30-31,40-41,44H,16-17,19-27,29,50,52-53H2,1-3H3,(H,54,63)(H,55,64)(H,56,62)(H,57,61)/t31-,40-,41-,44-/m0/s1. The smallest absolute Gasteiger partial charge is 0.251 e. The van der Waals surface area contributed by atoms with Gasteiger partial charge in [0.25, 0.3) is 5.91 Å². The van der Waals surface area contributed by atoms with Crippen molar-refractivity contribution in [3.8, 4) is 34.4 Å². The SMILES string of the molecule is COc1ccc(N2CCN(c3ccc(C(=O)N[C@@H](CCN)C(=O)N(C)[C@@H]4C(=O)N[C@@H](C)C(=O)N[C@H](C(=O)NCC#N)Cc5ccc(OCCN)c(c5)-c5cc4ccc5OCCN)cc3)CC2)cc1. The topological polar surface area (TPSA) is 273 Å². The van der Waals surface area contributed by atoms with Gasteiger partial charge in [-0.1, -0.05) is 12.1 Å². The molecule has 4 atom stereocenters. The maximum atomic E-state index is 14.7. The first-order chi connectivity index (χ1) is 32.9. The van der Waals surface area contributed by atoms with Crippen molar-refractivity contribution < 1.29 is 38.2 Å². The monoisotopic (exact) mass is 931 g/mol. The summed E-state index contributed by atoms with van der Waals surface area (Å²) in [6.07, 6.45) is 0.0494. The lowest BCUT2D eigenvalue weighted by Crippen LogP contribution is -2.56. The van der Waals surface area contributed by atoms with Gasteiger partial charge >= 0.3 is 0 Å². The number of piperazine rings is 1. The van der Waals surface area contributed by atoms with Gasteiger partial charge in [-0.3, -0.25) is 24.0 Å². The Hall–Kier alpha value is -7.40. The lowest BCUT2D eigenvalue weighted by Gasteiger charge is -2.37. The van der Waals surface area contributed by atoms with E-state index in [9.17, 15) is 29.2 Å². The number of nitrogens with two attached hydrogens (primary N) is 3. The van der Waals surface area contributed by atoms with E-state index in [1.54, 1.807) is 55.6 Å². The van der Waals surface area contributed by atoms with E-state index in [0.29, 0.717) is 39.3 Å². The number of carbonyl (C=O) groups excluding carboxylic acids is 5. The number of carbonyl (C=O) groups is 5. The quantitative estimate of drug-likeness (QED) is 0.0734. The molecule has 360 valence electrons. The number of anilines is 2. The van der Waals surface area contributed by atoms with Crippen molar-refractivity contribution in [1.82, 2.24) is 26.2 Å². The number of likely N-dealkylation sites (N-methyl/N-ethyl adjacent to an activating group) is 1. The number of methoxy groups -OCH3 is 1. The summed E-state index contributed by atoms with van der Waals surface area (Å²) in [5, 5.41) is 20.0. The highest BCUT2D eigenvalue weighted by molar-refractivity contribution is 5.99. The number of nitrogens with zero attached hydrogens (tertiary/aromatic N) is 4. The molecule has 0 aliphatic carbocycles. The summed E-state index contributed by atoms with van der Waals surface area (Å²) in [5.74, 6) is -1.59. The first-order valence-electron chi connectivity index (χ1n) is 22.6. The highest BCUT2D eigenvalue weighted by atomic mass is 16.5. The lowest BCUT2D eigenvalue weighted by molar-refractivity contribution is -0.141. The molecule has 68 heavy (non-hydrogen) atoms. The van der Waals surface area contributed by atoms with E-state index in [0.717, 1.165) is 43.3 Å². The summed E-state index contributed by atoms with van der Waals surface area (Å²) in [4.78, 5) is 75.9. The van der Waals surface area contributed by atoms with Crippen molar-refractivity contribution in [2.75, 3.05) is 89.5 Å². The second kappa shape index (κ2) is 23.9. The predicted octanol–water partition coefficient (Wildman–Crippen LogP) is 1.20. The number of amides is 5. The number of hydrogen-bond acceptors (Lipinski definition) is 14. The highest BCUT2D eigenvalue weighted by Crippen LogP contribution is 2.40. The molecule has 0 spiro atoms. The van der Waals surface area contributed by atoms with Gasteiger partial charge in [-0.05, 0) is 104 Å².